The molecular weight excluding hydrogens is 260 g/mol. The van der Waals surface area contributed by atoms with E-state index < -0.39 is 0 Å². The number of amides is 1. The topological polar surface area (TPSA) is 52.9 Å². The van der Waals surface area contributed by atoms with Crippen LogP contribution in [-0.2, 0) is 5.41 Å². The van der Waals surface area contributed by atoms with Crippen molar-refractivity contribution in [3.05, 3.63) is 71.3 Å². The molecule has 1 fully saturated rings. The van der Waals surface area contributed by atoms with Crippen LogP contribution in [-0.4, -0.2) is 12.5 Å². The maximum absolute atomic E-state index is 12.2. The van der Waals surface area contributed by atoms with E-state index in [0.29, 0.717) is 17.7 Å². The lowest BCUT2D eigenvalue weighted by Gasteiger charge is -2.16. The van der Waals surface area contributed by atoms with Crippen LogP contribution in [0.5, 0.6) is 0 Å². The molecule has 104 valence electrons. The summed E-state index contributed by atoms with van der Waals surface area (Å²) >= 11 is 0. The zero-order valence-corrected chi connectivity index (χ0v) is 11.7. The van der Waals surface area contributed by atoms with Gasteiger partial charge in [-0.2, -0.15) is 5.26 Å². The summed E-state index contributed by atoms with van der Waals surface area (Å²) in [6.45, 7) is 0.645. The summed E-state index contributed by atoms with van der Waals surface area (Å²) in [4.78, 5) is 12.2. The highest BCUT2D eigenvalue weighted by Crippen LogP contribution is 2.47. The van der Waals surface area contributed by atoms with E-state index in [9.17, 15) is 4.79 Å². The van der Waals surface area contributed by atoms with E-state index in [4.69, 9.17) is 5.26 Å². The Morgan fingerprint density at radius 2 is 1.90 bits per heavy atom. The summed E-state index contributed by atoms with van der Waals surface area (Å²) in [6, 6.07) is 19.2. The Hall–Kier alpha value is -2.60. The van der Waals surface area contributed by atoms with E-state index in [2.05, 4.69) is 23.5 Å². The zero-order valence-electron chi connectivity index (χ0n) is 11.7. The first-order chi connectivity index (χ1) is 10.2. The fraction of sp³-hybridized carbons (Fsp3) is 0.222. The molecule has 1 N–H and O–H groups in total. The number of hydrogen-bond donors (Lipinski definition) is 1. The Morgan fingerprint density at radius 3 is 2.57 bits per heavy atom. The number of carbonyl (C=O) groups excluding carboxylic acids is 1. The second-order valence-corrected chi connectivity index (χ2v) is 5.52. The van der Waals surface area contributed by atoms with Gasteiger partial charge in [0.05, 0.1) is 11.6 Å². The van der Waals surface area contributed by atoms with Gasteiger partial charge in [-0.15, -0.1) is 0 Å². The Morgan fingerprint density at radius 1 is 1.14 bits per heavy atom. The number of carbonyl (C=O) groups is 1. The van der Waals surface area contributed by atoms with Crippen LogP contribution in [0.25, 0.3) is 0 Å². The van der Waals surface area contributed by atoms with Gasteiger partial charge in [0, 0.05) is 17.5 Å². The maximum Gasteiger partial charge on any atom is 0.251 e. The van der Waals surface area contributed by atoms with Crippen LogP contribution in [0.2, 0.25) is 0 Å². The first-order valence-electron chi connectivity index (χ1n) is 7.07. The number of hydrogen-bond acceptors (Lipinski definition) is 2. The van der Waals surface area contributed by atoms with Gasteiger partial charge in [-0.1, -0.05) is 36.4 Å². The van der Waals surface area contributed by atoms with Gasteiger partial charge in [0.1, 0.15) is 0 Å². The molecule has 0 unspecified atom stereocenters. The lowest BCUT2D eigenvalue weighted by atomic mass is 9.96. The second kappa shape index (κ2) is 5.41. The lowest BCUT2D eigenvalue weighted by Crippen LogP contribution is -2.32. The van der Waals surface area contributed by atoms with E-state index in [1.54, 1.807) is 24.3 Å². The van der Waals surface area contributed by atoms with Gasteiger partial charge in [0.2, 0.25) is 0 Å². The number of nitriles is 1. The Kier molecular flexibility index (Phi) is 3.45. The van der Waals surface area contributed by atoms with Crippen molar-refractivity contribution in [2.75, 3.05) is 6.54 Å². The van der Waals surface area contributed by atoms with Crippen LogP contribution < -0.4 is 5.32 Å². The van der Waals surface area contributed by atoms with Crippen LogP contribution in [0.4, 0.5) is 0 Å². The fourth-order valence-corrected chi connectivity index (χ4v) is 2.59. The summed E-state index contributed by atoms with van der Waals surface area (Å²) in [7, 11) is 0. The number of benzene rings is 2. The normalized spacial score (nSPS) is 15.0. The molecule has 1 amide bonds. The molecule has 0 atom stereocenters. The Balaban J connectivity index is 1.68. The van der Waals surface area contributed by atoms with Crippen molar-refractivity contribution in [1.82, 2.24) is 5.32 Å². The molecule has 0 radical (unpaired) electrons. The van der Waals surface area contributed by atoms with Crippen molar-refractivity contribution in [3.8, 4) is 6.07 Å². The molecule has 0 aromatic heterocycles. The van der Waals surface area contributed by atoms with Gasteiger partial charge in [-0.05, 0) is 36.6 Å². The summed E-state index contributed by atoms with van der Waals surface area (Å²) < 4.78 is 0. The largest absolute Gasteiger partial charge is 0.351 e. The van der Waals surface area contributed by atoms with Crippen molar-refractivity contribution in [2.45, 2.75) is 18.3 Å². The first-order valence-corrected chi connectivity index (χ1v) is 7.07. The minimum absolute atomic E-state index is 0.101. The van der Waals surface area contributed by atoms with E-state index in [1.807, 2.05) is 18.2 Å². The Bertz CT molecular complexity index is 697. The molecule has 3 heteroatoms. The van der Waals surface area contributed by atoms with Crippen LogP contribution in [0.1, 0.15) is 34.3 Å². The van der Waals surface area contributed by atoms with E-state index in [0.717, 1.165) is 12.8 Å². The third kappa shape index (κ3) is 2.80. The molecule has 1 aliphatic rings. The fourth-order valence-electron chi connectivity index (χ4n) is 2.59. The molecule has 0 aliphatic heterocycles. The molecule has 0 bridgehead atoms. The monoisotopic (exact) mass is 276 g/mol. The first kappa shape index (κ1) is 13.4. The van der Waals surface area contributed by atoms with E-state index >= 15 is 0 Å². The molecule has 0 spiro atoms. The van der Waals surface area contributed by atoms with Gasteiger partial charge >= 0.3 is 0 Å². The molecular formula is C18H16N2O. The molecule has 2 aromatic carbocycles. The van der Waals surface area contributed by atoms with Crippen molar-refractivity contribution < 1.29 is 4.79 Å². The van der Waals surface area contributed by atoms with Gasteiger partial charge in [0.25, 0.3) is 5.91 Å². The summed E-state index contributed by atoms with van der Waals surface area (Å²) in [5, 5.41) is 11.9. The minimum Gasteiger partial charge on any atom is -0.351 e. The molecule has 0 saturated heterocycles. The third-order valence-electron chi connectivity index (χ3n) is 4.08. The van der Waals surface area contributed by atoms with Crippen molar-refractivity contribution in [3.63, 3.8) is 0 Å². The number of nitrogens with zero attached hydrogens (tertiary/aromatic N) is 1. The smallest absolute Gasteiger partial charge is 0.251 e. The zero-order chi connectivity index (χ0) is 14.7. The number of nitrogens with one attached hydrogen (secondary N) is 1. The third-order valence-corrected chi connectivity index (χ3v) is 4.08. The quantitative estimate of drug-likeness (QED) is 0.933. The van der Waals surface area contributed by atoms with E-state index in [1.165, 1.54) is 5.56 Å². The van der Waals surface area contributed by atoms with E-state index in [-0.39, 0.29) is 11.3 Å². The maximum atomic E-state index is 12.2. The van der Waals surface area contributed by atoms with Crippen molar-refractivity contribution in [2.24, 2.45) is 0 Å². The lowest BCUT2D eigenvalue weighted by molar-refractivity contribution is 0.0949. The summed E-state index contributed by atoms with van der Waals surface area (Å²) in [5.41, 5.74) is 2.44. The van der Waals surface area contributed by atoms with Gasteiger partial charge in [-0.25, -0.2) is 0 Å². The van der Waals surface area contributed by atoms with Crippen molar-refractivity contribution in [1.29, 1.82) is 5.26 Å². The van der Waals surface area contributed by atoms with Gasteiger partial charge in [0.15, 0.2) is 0 Å². The molecule has 1 saturated carbocycles. The van der Waals surface area contributed by atoms with Gasteiger partial charge < -0.3 is 5.32 Å². The number of rotatable bonds is 4. The molecule has 21 heavy (non-hydrogen) atoms. The van der Waals surface area contributed by atoms with Crippen molar-refractivity contribution >= 4 is 5.91 Å². The summed E-state index contributed by atoms with van der Waals surface area (Å²) in [5.74, 6) is -0.116. The van der Waals surface area contributed by atoms with Crippen LogP contribution in [0.15, 0.2) is 54.6 Å². The average Bonchev–Trinajstić information content (AvgIpc) is 3.35. The predicted molar refractivity (Wildman–Crippen MR) is 80.8 cm³/mol. The summed E-state index contributed by atoms with van der Waals surface area (Å²) in [6.07, 6.45) is 2.21. The minimum atomic E-state index is -0.116. The van der Waals surface area contributed by atoms with Gasteiger partial charge in [-0.3, -0.25) is 4.79 Å². The highest BCUT2D eigenvalue weighted by molar-refractivity contribution is 5.94. The Labute approximate surface area is 124 Å². The predicted octanol–water partition coefficient (Wildman–Crippen LogP) is 3.02. The standard InChI is InChI=1S/C18H16N2O/c19-12-14-5-4-6-15(11-14)17(21)20-13-18(9-10-18)16-7-2-1-3-8-16/h1-8,11H,9-10,13H2,(H,20,21). The molecule has 1 aliphatic carbocycles. The average molecular weight is 276 g/mol. The highest BCUT2D eigenvalue weighted by atomic mass is 16.1. The molecule has 3 nitrogen and oxygen atoms in total. The second-order valence-electron chi connectivity index (χ2n) is 5.52. The van der Waals surface area contributed by atoms with Crippen LogP contribution in [0.3, 0.4) is 0 Å². The molecule has 0 heterocycles. The highest BCUT2D eigenvalue weighted by Gasteiger charge is 2.44. The van der Waals surface area contributed by atoms with Crippen LogP contribution in [0, 0.1) is 11.3 Å². The molecule has 3 rings (SSSR count). The van der Waals surface area contributed by atoms with Crippen LogP contribution >= 0.6 is 0 Å². The molecule has 2 aromatic rings. The SMILES string of the molecule is N#Cc1cccc(C(=O)NCC2(c3ccccc3)CC2)c1.